The quantitative estimate of drug-likeness (QED) is 0.696. The first kappa shape index (κ1) is 8.96. The molecule has 1 aliphatic rings. The molecule has 1 saturated heterocycles. The third-order valence-electron chi connectivity index (χ3n) is 1.60. The maximum atomic E-state index is 10.8. The number of ether oxygens (including phenoxy) is 1. The van der Waals surface area contributed by atoms with Crippen LogP contribution in [0.1, 0.15) is 11.4 Å². The van der Waals surface area contributed by atoms with Crippen LogP contribution in [0, 0.1) is 6.92 Å². The molecule has 0 saturated carbocycles. The van der Waals surface area contributed by atoms with Gasteiger partial charge < -0.3 is 4.74 Å². The average Bonchev–Trinajstić information content (AvgIpc) is 2.62. The Hall–Kier alpha value is -0.620. The van der Waals surface area contributed by atoms with E-state index in [-0.39, 0.29) is 11.2 Å². The van der Waals surface area contributed by atoms with Gasteiger partial charge in [0.05, 0.1) is 11.7 Å². The van der Waals surface area contributed by atoms with Gasteiger partial charge in [-0.3, -0.25) is 4.79 Å². The van der Waals surface area contributed by atoms with E-state index in [4.69, 9.17) is 4.74 Å². The number of thioether (sulfide) groups is 1. The maximum absolute atomic E-state index is 10.8. The molecule has 0 aliphatic carbocycles. The smallest absolute Gasteiger partial charge is 0.307 e. The minimum absolute atomic E-state index is 0.112. The van der Waals surface area contributed by atoms with Gasteiger partial charge in [-0.2, -0.15) is 0 Å². The van der Waals surface area contributed by atoms with Gasteiger partial charge in [-0.1, -0.05) is 23.1 Å². The summed E-state index contributed by atoms with van der Waals surface area (Å²) in [5.74, 6) is -0.112. The maximum Gasteiger partial charge on any atom is 0.307 e. The molecule has 0 radical (unpaired) electrons. The third kappa shape index (κ3) is 2.19. The lowest BCUT2D eigenvalue weighted by Gasteiger charge is -1.99. The van der Waals surface area contributed by atoms with Gasteiger partial charge in [0.1, 0.15) is 11.6 Å². The summed E-state index contributed by atoms with van der Waals surface area (Å²) < 4.78 is 5.76. The van der Waals surface area contributed by atoms with Gasteiger partial charge in [0.25, 0.3) is 0 Å². The summed E-state index contributed by atoms with van der Waals surface area (Å²) >= 11 is 3.12. The van der Waals surface area contributed by atoms with Gasteiger partial charge >= 0.3 is 5.97 Å². The summed E-state index contributed by atoms with van der Waals surface area (Å²) in [5.41, 5.74) is 0. The van der Waals surface area contributed by atoms with Gasteiger partial charge in [0.2, 0.25) is 0 Å². The first-order valence-corrected chi connectivity index (χ1v) is 5.56. The van der Waals surface area contributed by atoms with Crippen molar-refractivity contribution in [2.24, 2.45) is 0 Å². The zero-order valence-corrected chi connectivity index (χ0v) is 8.65. The Bertz CT molecular complexity index is 326. The molecule has 0 spiro atoms. The van der Waals surface area contributed by atoms with Crippen molar-refractivity contribution in [3.05, 3.63) is 5.01 Å². The Labute approximate surface area is 83.7 Å². The lowest BCUT2D eigenvalue weighted by molar-refractivity contribution is -0.137. The number of rotatable bonds is 2. The zero-order valence-electron chi connectivity index (χ0n) is 7.02. The van der Waals surface area contributed by atoms with Crippen LogP contribution < -0.4 is 0 Å². The molecule has 0 aromatic carbocycles. The predicted molar refractivity (Wildman–Crippen MR) is 49.9 cm³/mol. The van der Waals surface area contributed by atoms with Crippen LogP contribution in [0.3, 0.4) is 0 Å². The van der Waals surface area contributed by atoms with Crippen LogP contribution in [0.2, 0.25) is 0 Å². The van der Waals surface area contributed by atoms with Crippen molar-refractivity contribution >= 4 is 29.1 Å². The first-order valence-electron chi connectivity index (χ1n) is 3.86. The van der Waals surface area contributed by atoms with Crippen molar-refractivity contribution in [2.75, 3.05) is 6.61 Å². The molecule has 1 fully saturated rings. The first-order chi connectivity index (χ1) is 6.24. The van der Waals surface area contributed by atoms with Gasteiger partial charge in [0.15, 0.2) is 4.34 Å². The summed E-state index contributed by atoms with van der Waals surface area (Å²) in [4.78, 5) is 10.8. The van der Waals surface area contributed by atoms with Crippen molar-refractivity contribution in [3.63, 3.8) is 0 Å². The second-order valence-corrected chi connectivity index (χ2v) is 5.44. The van der Waals surface area contributed by atoms with Crippen molar-refractivity contribution in [3.8, 4) is 0 Å². The van der Waals surface area contributed by atoms with Crippen molar-refractivity contribution in [2.45, 2.75) is 22.9 Å². The highest BCUT2D eigenvalue weighted by atomic mass is 32.2. The number of aromatic nitrogens is 2. The molecule has 0 amide bonds. The second-order valence-electron chi connectivity index (χ2n) is 2.71. The van der Waals surface area contributed by atoms with Crippen LogP contribution in [0.4, 0.5) is 0 Å². The number of hydrogen-bond acceptors (Lipinski definition) is 6. The van der Waals surface area contributed by atoms with Crippen molar-refractivity contribution in [1.82, 2.24) is 10.2 Å². The van der Waals surface area contributed by atoms with Gasteiger partial charge in [-0.05, 0) is 6.92 Å². The SMILES string of the molecule is Cc1nnc(S[C@H]2COC(=O)C2)s1. The van der Waals surface area contributed by atoms with E-state index in [0.717, 1.165) is 9.35 Å². The lowest BCUT2D eigenvalue weighted by Crippen LogP contribution is -1.99. The molecular formula is C7H8N2O2S2. The van der Waals surface area contributed by atoms with E-state index in [9.17, 15) is 4.79 Å². The summed E-state index contributed by atoms with van der Waals surface area (Å²) in [7, 11) is 0. The van der Waals surface area contributed by atoms with Crippen LogP contribution in [0.5, 0.6) is 0 Å². The molecule has 13 heavy (non-hydrogen) atoms. The molecule has 1 aliphatic heterocycles. The van der Waals surface area contributed by atoms with Gasteiger partial charge in [-0.25, -0.2) is 0 Å². The average molecular weight is 216 g/mol. The van der Waals surface area contributed by atoms with Crippen LogP contribution in [0.25, 0.3) is 0 Å². The predicted octanol–water partition coefficient (Wildman–Crippen LogP) is 1.25. The highest BCUT2D eigenvalue weighted by Crippen LogP contribution is 2.30. The van der Waals surface area contributed by atoms with E-state index in [1.54, 1.807) is 23.1 Å². The number of hydrogen-bond donors (Lipinski definition) is 0. The topological polar surface area (TPSA) is 52.1 Å². The molecule has 0 N–H and O–H groups in total. The third-order valence-corrected chi connectivity index (χ3v) is 3.69. The minimum Gasteiger partial charge on any atom is -0.464 e. The van der Waals surface area contributed by atoms with Gasteiger partial charge in [0, 0.05) is 0 Å². The molecule has 0 bridgehead atoms. The Morgan fingerprint density at radius 1 is 1.62 bits per heavy atom. The minimum atomic E-state index is -0.112. The second kappa shape index (κ2) is 3.63. The number of carbonyl (C=O) groups excluding carboxylic acids is 1. The number of esters is 1. The molecule has 6 heteroatoms. The van der Waals surface area contributed by atoms with Crippen molar-refractivity contribution in [1.29, 1.82) is 0 Å². The molecule has 0 unspecified atom stereocenters. The molecule has 1 aromatic rings. The molecule has 2 heterocycles. The van der Waals surface area contributed by atoms with Crippen LogP contribution in [-0.4, -0.2) is 28.0 Å². The Kier molecular flexibility index (Phi) is 2.50. The van der Waals surface area contributed by atoms with Crippen molar-refractivity contribution < 1.29 is 9.53 Å². The molecule has 1 aromatic heterocycles. The summed E-state index contributed by atoms with van der Waals surface area (Å²) in [6, 6.07) is 0. The molecule has 1 atom stereocenters. The van der Waals surface area contributed by atoms with E-state index in [1.807, 2.05) is 6.92 Å². The Balaban J connectivity index is 1.95. The number of cyclic esters (lactones) is 1. The number of nitrogens with zero attached hydrogens (tertiary/aromatic N) is 2. The summed E-state index contributed by atoms with van der Waals surface area (Å²) in [6.07, 6.45) is 0.489. The van der Waals surface area contributed by atoms with E-state index >= 15 is 0 Å². The van der Waals surface area contributed by atoms with Crippen LogP contribution in [0.15, 0.2) is 4.34 Å². The van der Waals surface area contributed by atoms with Crippen LogP contribution >= 0.6 is 23.1 Å². The standard InChI is InChI=1S/C7H8N2O2S2/c1-4-8-9-7(12-4)13-5-2-6(10)11-3-5/h5H,2-3H2,1H3/t5-/m1/s1. The van der Waals surface area contributed by atoms with E-state index in [1.165, 1.54) is 0 Å². The van der Waals surface area contributed by atoms with Gasteiger partial charge in [-0.15, -0.1) is 10.2 Å². The normalized spacial score (nSPS) is 21.9. The zero-order chi connectivity index (χ0) is 9.26. The van der Waals surface area contributed by atoms with E-state index < -0.39 is 0 Å². The number of carbonyl (C=O) groups is 1. The molecule has 4 nitrogen and oxygen atoms in total. The largest absolute Gasteiger partial charge is 0.464 e. The fraction of sp³-hybridized carbons (Fsp3) is 0.571. The monoisotopic (exact) mass is 216 g/mol. The molecular weight excluding hydrogens is 208 g/mol. The van der Waals surface area contributed by atoms with E-state index in [2.05, 4.69) is 10.2 Å². The highest BCUT2D eigenvalue weighted by Gasteiger charge is 2.25. The Morgan fingerprint density at radius 2 is 2.46 bits per heavy atom. The summed E-state index contributed by atoms with van der Waals surface area (Å²) in [6.45, 7) is 2.42. The lowest BCUT2D eigenvalue weighted by atomic mass is 10.4. The van der Waals surface area contributed by atoms with Crippen LogP contribution in [-0.2, 0) is 9.53 Å². The summed E-state index contributed by atoms with van der Waals surface area (Å²) in [5, 5.41) is 9.04. The highest BCUT2D eigenvalue weighted by molar-refractivity contribution is 8.01. The fourth-order valence-electron chi connectivity index (χ4n) is 1.03. The molecule has 2 rings (SSSR count). The Morgan fingerprint density at radius 3 is 3.00 bits per heavy atom. The van der Waals surface area contributed by atoms with E-state index in [0.29, 0.717) is 13.0 Å². The fourth-order valence-corrected chi connectivity index (χ4v) is 3.14. The molecule has 70 valence electrons. The number of aryl methyl sites for hydroxylation is 1.